The number of nitrogens with two attached hydrogens (primary N) is 1. The first-order valence-corrected chi connectivity index (χ1v) is 12.3. The smallest absolute Gasteiger partial charge is 0.238 e. The van der Waals surface area contributed by atoms with E-state index in [0.29, 0.717) is 17.2 Å². The number of rotatable bonds is 8. The summed E-state index contributed by atoms with van der Waals surface area (Å²) in [5, 5.41) is 8.89. The summed E-state index contributed by atoms with van der Waals surface area (Å²) >= 11 is 1.32. The number of amides is 1. The van der Waals surface area contributed by atoms with E-state index in [4.69, 9.17) is 5.14 Å². The third kappa shape index (κ3) is 5.03. The fraction of sp³-hybridized carbons (Fsp3) is 0.333. The number of hydrogen-bond acceptors (Lipinski definition) is 5. The van der Waals surface area contributed by atoms with Crippen molar-refractivity contribution in [1.82, 2.24) is 14.9 Å². The topological polar surface area (TPSA) is 107 Å². The molecule has 1 atom stereocenters. The molecule has 0 aliphatic carbocycles. The van der Waals surface area contributed by atoms with Crippen LogP contribution >= 0.6 is 11.8 Å². The van der Waals surface area contributed by atoms with Gasteiger partial charge in [-0.25, -0.2) is 18.5 Å². The SMILES string of the molecule is CCc1ccc(C(C)NC(=O)CSc2nc3cc(S(N)(=O)=O)ccc3n2CC)cc1. The van der Waals surface area contributed by atoms with E-state index in [0.717, 1.165) is 17.5 Å². The number of hydrogen-bond donors (Lipinski definition) is 2. The Labute approximate surface area is 181 Å². The first kappa shape index (κ1) is 22.3. The van der Waals surface area contributed by atoms with Gasteiger partial charge >= 0.3 is 0 Å². The van der Waals surface area contributed by atoms with Crippen LogP contribution in [0, 0.1) is 0 Å². The van der Waals surface area contributed by atoms with Crippen molar-refractivity contribution in [2.24, 2.45) is 5.14 Å². The monoisotopic (exact) mass is 446 g/mol. The number of nitrogens with one attached hydrogen (secondary N) is 1. The molecule has 0 fully saturated rings. The number of nitrogens with zero attached hydrogens (tertiary/aromatic N) is 2. The zero-order chi connectivity index (χ0) is 21.9. The number of sulfonamides is 1. The number of primary sulfonamides is 1. The van der Waals surface area contributed by atoms with Gasteiger partial charge in [-0.2, -0.15) is 0 Å². The van der Waals surface area contributed by atoms with E-state index < -0.39 is 10.0 Å². The molecule has 0 aliphatic rings. The molecular formula is C21H26N4O3S2. The zero-order valence-electron chi connectivity index (χ0n) is 17.3. The molecule has 1 amide bonds. The number of thioether (sulfide) groups is 1. The van der Waals surface area contributed by atoms with Gasteiger partial charge in [0.2, 0.25) is 15.9 Å². The maximum atomic E-state index is 12.5. The summed E-state index contributed by atoms with van der Waals surface area (Å²) in [6.07, 6.45) is 0.981. The number of aromatic nitrogens is 2. The van der Waals surface area contributed by atoms with E-state index in [1.807, 2.05) is 30.5 Å². The van der Waals surface area contributed by atoms with Gasteiger partial charge < -0.3 is 9.88 Å². The highest BCUT2D eigenvalue weighted by Crippen LogP contribution is 2.26. The van der Waals surface area contributed by atoms with E-state index in [9.17, 15) is 13.2 Å². The van der Waals surface area contributed by atoms with Crippen LogP contribution < -0.4 is 10.5 Å². The third-order valence-corrected chi connectivity index (χ3v) is 6.81. The van der Waals surface area contributed by atoms with E-state index in [-0.39, 0.29) is 22.6 Å². The summed E-state index contributed by atoms with van der Waals surface area (Å²) in [4.78, 5) is 17.0. The Morgan fingerprint density at radius 1 is 1.20 bits per heavy atom. The van der Waals surface area contributed by atoms with Crippen LogP contribution in [0.1, 0.15) is 37.9 Å². The second-order valence-corrected chi connectivity index (χ2v) is 9.51. The first-order valence-electron chi connectivity index (χ1n) is 9.77. The fourth-order valence-electron chi connectivity index (χ4n) is 3.22. The lowest BCUT2D eigenvalue weighted by Gasteiger charge is -2.14. The molecule has 160 valence electrons. The molecule has 1 aromatic heterocycles. The number of imidazole rings is 1. The predicted octanol–water partition coefficient (Wildman–Crippen LogP) is 3.24. The summed E-state index contributed by atoms with van der Waals surface area (Å²) in [6.45, 7) is 6.69. The van der Waals surface area contributed by atoms with Gasteiger partial charge in [-0.15, -0.1) is 0 Å². The Balaban J connectivity index is 1.70. The molecule has 1 unspecified atom stereocenters. The number of carbonyl (C=O) groups is 1. The van der Waals surface area contributed by atoms with Gasteiger partial charge in [-0.05, 0) is 49.6 Å². The van der Waals surface area contributed by atoms with Crippen LogP contribution in [0.4, 0.5) is 0 Å². The van der Waals surface area contributed by atoms with Crippen LogP contribution in [-0.2, 0) is 27.8 Å². The van der Waals surface area contributed by atoms with Crippen molar-refractivity contribution in [3.05, 3.63) is 53.6 Å². The zero-order valence-corrected chi connectivity index (χ0v) is 18.9. The molecule has 1 heterocycles. The van der Waals surface area contributed by atoms with Crippen LogP contribution in [0.5, 0.6) is 0 Å². The molecule has 0 spiro atoms. The van der Waals surface area contributed by atoms with E-state index in [2.05, 4.69) is 29.4 Å². The maximum absolute atomic E-state index is 12.5. The van der Waals surface area contributed by atoms with Gasteiger partial charge in [0.05, 0.1) is 27.7 Å². The second-order valence-electron chi connectivity index (χ2n) is 7.01. The van der Waals surface area contributed by atoms with Gasteiger partial charge in [0.1, 0.15) is 0 Å². The molecule has 0 aliphatic heterocycles. The van der Waals surface area contributed by atoms with Crippen LogP contribution in [0.3, 0.4) is 0 Å². The lowest BCUT2D eigenvalue weighted by molar-refractivity contribution is -0.119. The highest BCUT2D eigenvalue weighted by Gasteiger charge is 2.16. The molecule has 9 heteroatoms. The lowest BCUT2D eigenvalue weighted by Crippen LogP contribution is -2.28. The molecule has 7 nitrogen and oxygen atoms in total. The Bertz CT molecular complexity index is 1150. The van der Waals surface area contributed by atoms with Crippen molar-refractivity contribution in [3.63, 3.8) is 0 Å². The van der Waals surface area contributed by atoms with Crippen LogP contribution in [0.25, 0.3) is 11.0 Å². The molecule has 3 N–H and O–H groups in total. The third-order valence-electron chi connectivity index (χ3n) is 4.93. The Morgan fingerprint density at radius 3 is 2.50 bits per heavy atom. The maximum Gasteiger partial charge on any atom is 0.238 e. The Kier molecular flexibility index (Phi) is 6.84. The molecular weight excluding hydrogens is 420 g/mol. The van der Waals surface area contributed by atoms with E-state index >= 15 is 0 Å². The lowest BCUT2D eigenvalue weighted by atomic mass is 10.1. The number of carbonyl (C=O) groups excluding carboxylic acids is 1. The molecule has 30 heavy (non-hydrogen) atoms. The van der Waals surface area contributed by atoms with Crippen molar-refractivity contribution < 1.29 is 13.2 Å². The predicted molar refractivity (Wildman–Crippen MR) is 120 cm³/mol. The highest BCUT2D eigenvalue weighted by molar-refractivity contribution is 7.99. The summed E-state index contributed by atoms with van der Waals surface area (Å²) in [5.41, 5.74) is 3.66. The summed E-state index contributed by atoms with van der Waals surface area (Å²) in [6, 6.07) is 12.8. The average Bonchev–Trinajstić information content (AvgIpc) is 3.08. The Morgan fingerprint density at radius 2 is 1.90 bits per heavy atom. The molecule has 0 bridgehead atoms. The van der Waals surface area contributed by atoms with Crippen molar-refractivity contribution in [3.8, 4) is 0 Å². The summed E-state index contributed by atoms with van der Waals surface area (Å²) < 4.78 is 25.1. The molecule has 0 radical (unpaired) electrons. The minimum atomic E-state index is -3.79. The van der Waals surface area contributed by atoms with Gasteiger partial charge in [-0.1, -0.05) is 43.0 Å². The Hall–Kier alpha value is -2.36. The van der Waals surface area contributed by atoms with Gasteiger partial charge in [0, 0.05) is 6.54 Å². The van der Waals surface area contributed by atoms with Crippen LogP contribution in [0.2, 0.25) is 0 Å². The average molecular weight is 447 g/mol. The van der Waals surface area contributed by atoms with Gasteiger partial charge in [0.25, 0.3) is 0 Å². The van der Waals surface area contributed by atoms with E-state index in [1.54, 1.807) is 6.07 Å². The van der Waals surface area contributed by atoms with Crippen molar-refractivity contribution in [1.29, 1.82) is 0 Å². The van der Waals surface area contributed by atoms with Crippen molar-refractivity contribution in [2.45, 2.75) is 49.8 Å². The van der Waals surface area contributed by atoms with Crippen molar-refractivity contribution in [2.75, 3.05) is 5.75 Å². The quantitative estimate of drug-likeness (QED) is 0.517. The van der Waals surface area contributed by atoms with Crippen LogP contribution in [0.15, 0.2) is 52.5 Å². The summed E-state index contributed by atoms with van der Waals surface area (Å²) in [5.74, 6) is 0.120. The molecule has 0 saturated carbocycles. The fourth-order valence-corrected chi connectivity index (χ4v) is 4.64. The van der Waals surface area contributed by atoms with E-state index in [1.165, 1.54) is 29.5 Å². The highest BCUT2D eigenvalue weighted by atomic mass is 32.2. The molecule has 3 rings (SSSR count). The minimum absolute atomic E-state index is 0.0213. The molecule has 2 aromatic carbocycles. The number of benzene rings is 2. The van der Waals surface area contributed by atoms with Crippen LogP contribution in [-0.4, -0.2) is 29.6 Å². The number of aryl methyl sites for hydroxylation is 2. The number of fused-ring (bicyclic) bond motifs is 1. The van der Waals surface area contributed by atoms with Crippen molar-refractivity contribution >= 4 is 38.7 Å². The largest absolute Gasteiger partial charge is 0.349 e. The first-order chi connectivity index (χ1) is 14.2. The second kappa shape index (κ2) is 9.20. The van der Waals surface area contributed by atoms with Gasteiger partial charge in [-0.3, -0.25) is 4.79 Å². The normalized spacial score (nSPS) is 12.8. The standard InChI is InChI=1S/C21H26N4O3S2/c1-4-15-6-8-16(9-7-15)14(3)23-20(26)13-29-21-24-18-12-17(30(22,27)28)10-11-19(18)25(21)5-2/h6-12,14H,4-5,13H2,1-3H3,(H,23,26)(H2,22,27,28). The molecule has 3 aromatic rings. The molecule has 0 saturated heterocycles. The minimum Gasteiger partial charge on any atom is -0.349 e. The van der Waals surface area contributed by atoms with Gasteiger partial charge in [0.15, 0.2) is 5.16 Å². The summed E-state index contributed by atoms with van der Waals surface area (Å²) in [7, 11) is -3.79.